The highest BCUT2D eigenvalue weighted by atomic mass is 35.5. The lowest BCUT2D eigenvalue weighted by Gasteiger charge is -2.14. The third kappa shape index (κ3) is 3.78. The van der Waals surface area contributed by atoms with Crippen LogP contribution in [0.3, 0.4) is 0 Å². The second-order valence-corrected chi connectivity index (χ2v) is 6.55. The van der Waals surface area contributed by atoms with Crippen LogP contribution in [0.25, 0.3) is 5.69 Å². The number of anilines is 1. The monoisotopic (exact) mass is 384 g/mol. The van der Waals surface area contributed by atoms with Gasteiger partial charge in [0, 0.05) is 28.7 Å². The van der Waals surface area contributed by atoms with E-state index in [2.05, 4.69) is 22.0 Å². The summed E-state index contributed by atoms with van der Waals surface area (Å²) in [6.45, 7) is 4.10. The third-order valence-electron chi connectivity index (χ3n) is 4.38. The van der Waals surface area contributed by atoms with Gasteiger partial charge >= 0.3 is 0 Å². The molecule has 0 aliphatic heterocycles. The first kappa shape index (κ1) is 18.9. The molecule has 0 spiro atoms. The molecular weight excluding hydrogens is 364 g/mol. The minimum absolute atomic E-state index is 0.248. The van der Waals surface area contributed by atoms with E-state index in [-0.39, 0.29) is 5.91 Å². The molecule has 2 aromatic carbocycles. The van der Waals surface area contributed by atoms with Gasteiger partial charge in [0.2, 0.25) is 0 Å². The van der Waals surface area contributed by atoms with Gasteiger partial charge in [-0.05, 0) is 56.3 Å². The van der Waals surface area contributed by atoms with Crippen LogP contribution < -0.4 is 14.8 Å². The summed E-state index contributed by atoms with van der Waals surface area (Å²) in [5.74, 6) is 0.704. The molecule has 0 aliphatic rings. The molecular formula is C21H21ClN2O3. The zero-order valence-corrected chi connectivity index (χ0v) is 16.4. The van der Waals surface area contributed by atoms with Crippen LogP contribution in [-0.2, 0) is 0 Å². The second-order valence-electron chi connectivity index (χ2n) is 6.14. The van der Waals surface area contributed by atoms with Crippen LogP contribution in [-0.4, -0.2) is 24.7 Å². The number of nitrogens with zero attached hydrogens (tertiary/aromatic N) is 1. The molecule has 0 aliphatic carbocycles. The highest BCUT2D eigenvalue weighted by Gasteiger charge is 2.14. The van der Waals surface area contributed by atoms with E-state index in [9.17, 15) is 4.79 Å². The summed E-state index contributed by atoms with van der Waals surface area (Å²) < 4.78 is 12.6. The number of rotatable bonds is 5. The lowest BCUT2D eigenvalue weighted by Crippen LogP contribution is -2.13. The van der Waals surface area contributed by atoms with Crippen molar-refractivity contribution in [2.75, 3.05) is 19.5 Å². The van der Waals surface area contributed by atoms with Crippen molar-refractivity contribution >= 4 is 23.2 Å². The molecule has 0 saturated heterocycles. The summed E-state index contributed by atoms with van der Waals surface area (Å²) in [6, 6.07) is 14.8. The van der Waals surface area contributed by atoms with Crippen molar-refractivity contribution in [1.82, 2.24) is 4.57 Å². The van der Waals surface area contributed by atoms with Gasteiger partial charge in [0.15, 0.2) is 0 Å². The molecule has 0 unspecified atom stereocenters. The average molecular weight is 385 g/mol. The molecule has 1 amide bonds. The molecule has 27 heavy (non-hydrogen) atoms. The Hall–Kier alpha value is -2.92. The second kappa shape index (κ2) is 7.76. The number of halogens is 1. The molecule has 0 fully saturated rings. The first-order chi connectivity index (χ1) is 12.9. The fourth-order valence-electron chi connectivity index (χ4n) is 2.99. The highest BCUT2D eigenvalue weighted by molar-refractivity contribution is 6.32. The van der Waals surface area contributed by atoms with Crippen molar-refractivity contribution in [2.45, 2.75) is 13.8 Å². The van der Waals surface area contributed by atoms with Crippen molar-refractivity contribution in [1.29, 1.82) is 0 Å². The standard InChI is InChI=1S/C21H21ClN2O3/c1-13-5-6-14(2)24(13)16-9-7-15(8-10-16)21(25)23-18-11-17(22)19(26-3)12-20(18)27-4/h5-12H,1-4H3,(H,23,25). The van der Waals surface area contributed by atoms with Crippen LogP contribution >= 0.6 is 11.6 Å². The van der Waals surface area contributed by atoms with E-state index in [1.54, 1.807) is 24.3 Å². The number of methoxy groups -OCH3 is 2. The lowest BCUT2D eigenvalue weighted by atomic mass is 10.1. The summed E-state index contributed by atoms with van der Waals surface area (Å²) in [5, 5.41) is 3.23. The fourth-order valence-corrected chi connectivity index (χ4v) is 3.23. The highest BCUT2D eigenvalue weighted by Crippen LogP contribution is 2.36. The normalized spacial score (nSPS) is 10.6. The van der Waals surface area contributed by atoms with Gasteiger partial charge in [0.1, 0.15) is 11.5 Å². The molecule has 0 atom stereocenters. The number of hydrogen-bond acceptors (Lipinski definition) is 3. The van der Waals surface area contributed by atoms with Gasteiger partial charge in [-0.3, -0.25) is 4.79 Å². The number of aryl methyl sites for hydroxylation is 2. The number of amides is 1. The molecule has 6 heteroatoms. The summed E-state index contributed by atoms with van der Waals surface area (Å²) in [6.07, 6.45) is 0. The van der Waals surface area contributed by atoms with Crippen molar-refractivity contribution < 1.29 is 14.3 Å². The Balaban J connectivity index is 1.84. The quantitative estimate of drug-likeness (QED) is 0.672. The van der Waals surface area contributed by atoms with Crippen molar-refractivity contribution in [2.24, 2.45) is 0 Å². The van der Waals surface area contributed by atoms with Crippen molar-refractivity contribution in [3.63, 3.8) is 0 Å². The van der Waals surface area contributed by atoms with E-state index >= 15 is 0 Å². The minimum atomic E-state index is -0.248. The van der Waals surface area contributed by atoms with Crippen LogP contribution in [0.1, 0.15) is 21.7 Å². The van der Waals surface area contributed by atoms with Gasteiger partial charge in [-0.15, -0.1) is 0 Å². The van der Waals surface area contributed by atoms with Gasteiger partial charge in [0.05, 0.1) is 24.9 Å². The Morgan fingerprint density at radius 2 is 1.52 bits per heavy atom. The molecule has 1 aromatic heterocycles. The van der Waals surface area contributed by atoms with Crippen LogP contribution in [0.2, 0.25) is 5.02 Å². The van der Waals surface area contributed by atoms with E-state index < -0.39 is 0 Å². The molecule has 1 N–H and O–H groups in total. The zero-order chi connectivity index (χ0) is 19.6. The predicted molar refractivity (Wildman–Crippen MR) is 108 cm³/mol. The first-order valence-electron chi connectivity index (χ1n) is 8.43. The van der Waals surface area contributed by atoms with Gasteiger partial charge in [0.25, 0.3) is 5.91 Å². The van der Waals surface area contributed by atoms with Crippen LogP contribution in [0.5, 0.6) is 11.5 Å². The maximum Gasteiger partial charge on any atom is 0.255 e. The summed E-state index contributed by atoms with van der Waals surface area (Å²) in [7, 11) is 3.05. The Bertz CT molecular complexity index is 958. The summed E-state index contributed by atoms with van der Waals surface area (Å²) >= 11 is 6.16. The van der Waals surface area contributed by atoms with Gasteiger partial charge < -0.3 is 19.4 Å². The van der Waals surface area contributed by atoms with E-state index in [1.165, 1.54) is 14.2 Å². The Morgan fingerprint density at radius 3 is 2.07 bits per heavy atom. The molecule has 0 radical (unpaired) electrons. The maximum absolute atomic E-state index is 12.6. The van der Waals surface area contributed by atoms with Crippen LogP contribution in [0.4, 0.5) is 5.69 Å². The first-order valence-corrected chi connectivity index (χ1v) is 8.80. The Kier molecular flexibility index (Phi) is 5.42. The van der Waals surface area contributed by atoms with E-state index in [0.29, 0.717) is 27.8 Å². The third-order valence-corrected chi connectivity index (χ3v) is 4.68. The van der Waals surface area contributed by atoms with Crippen molar-refractivity contribution in [3.05, 3.63) is 70.5 Å². The predicted octanol–water partition coefficient (Wildman–Crippen LogP) is 5.02. The number of carbonyl (C=O) groups excluding carboxylic acids is 1. The minimum Gasteiger partial charge on any atom is -0.495 e. The zero-order valence-electron chi connectivity index (χ0n) is 15.7. The van der Waals surface area contributed by atoms with Crippen LogP contribution in [0.15, 0.2) is 48.5 Å². The molecule has 5 nitrogen and oxygen atoms in total. The van der Waals surface area contributed by atoms with Gasteiger partial charge in [-0.25, -0.2) is 0 Å². The van der Waals surface area contributed by atoms with Crippen molar-refractivity contribution in [3.8, 4) is 17.2 Å². The number of aromatic nitrogens is 1. The summed E-state index contributed by atoms with van der Waals surface area (Å²) in [4.78, 5) is 12.6. The average Bonchev–Trinajstić information content (AvgIpc) is 3.00. The lowest BCUT2D eigenvalue weighted by molar-refractivity contribution is 0.102. The number of nitrogens with one attached hydrogen (secondary N) is 1. The van der Waals surface area contributed by atoms with Gasteiger partial charge in [-0.2, -0.15) is 0 Å². The molecule has 0 saturated carbocycles. The molecule has 1 heterocycles. The Labute approximate surface area is 163 Å². The number of carbonyl (C=O) groups is 1. The molecule has 3 aromatic rings. The molecule has 0 bridgehead atoms. The topological polar surface area (TPSA) is 52.5 Å². The number of benzene rings is 2. The maximum atomic E-state index is 12.6. The van der Waals surface area contributed by atoms with E-state index in [1.807, 2.05) is 26.0 Å². The molecule has 3 rings (SSSR count). The van der Waals surface area contributed by atoms with E-state index in [0.717, 1.165) is 17.1 Å². The van der Waals surface area contributed by atoms with Gasteiger partial charge in [-0.1, -0.05) is 11.6 Å². The van der Waals surface area contributed by atoms with E-state index in [4.69, 9.17) is 21.1 Å². The largest absolute Gasteiger partial charge is 0.495 e. The smallest absolute Gasteiger partial charge is 0.255 e. The number of ether oxygens (including phenoxy) is 2. The number of hydrogen-bond donors (Lipinski definition) is 1. The van der Waals surface area contributed by atoms with Crippen LogP contribution in [0, 0.1) is 13.8 Å². The molecule has 140 valence electrons. The SMILES string of the molecule is COc1cc(OC)c(NC(=O)c2ccc(-n3c(C)ccc3C)cc2)cc1Cl. The Morgan fingerprint density at radius 1 is 0.926 bits per heavy atom. The fraction of sp³-hybridized carbons (Fsp3) is 0.190. The summed E-state index contributed by atoms with van der Waals surface area (Å²) in [5.41, 5.74) is 4.31.